The van der Waals surface area contributed by atoms with Crippen molar-refractivity contribution < 1.29 is 19.4 Å². The predicted octanol–water partition coefficient (Wildman–Crippen LogP) is 4.11. The Labute approximate surface area is 202 Å². The number of aromatic nitrogens is 1. The quantitative estimate of drug-likeness (QED) is 0.313. The zero-order valence-electron chi connectivity index (χ0n) is 19.6. The van der Waals surface area contributed by atoms with E-state index in [-0.39, 0.29) is 11.3 Å². The number of rotatable bonds is 7. The van der Waals surface area contributed by atoms with E-state index in [0.717, 1.165) is 21.0 Å². The van der Waals surface area contributed by atoms with Gasteiger partial charge in [0.25, 0.3) is 11.7 Å². The summed E-state index contributed by atoms with van der Waals surface area (Å²) in [6.45, 7) is 2.77. The van der Waals surface area contributed by atoms with Crippen molar-refractivity contribution in [3.8, 4) is 16.3 Å². The first-order chi connectivity index (χ1) is 16.3. The van der Waals surface area contributed by atoms with Gasteiger partial charge in [0, 0.05) is 23.5 Å². The van der Waals surface area contributed by atoms with E-state index in [1.807, 2.05) is 68.4 Å². The monoisotopic (exact) mass is 477 g/mol. The summed E-state index contributed by atoms with van der Waals surface area (Å²) in [5, 5.41) is 12.1. The third-order valence-corrected chi connectivity index (χ3v) is 6.82. The summed E-state index contributed by atoms with van der Waals surface area (Å²) < 4.78 is 5.26. The largest absolute Gasteiger partial charge is 0.505 e. The smallest absolute Gasteiger partial charge is 0.295 e. The molecule has 0 saturated carbocycles. The van der Waals surface area contributed by atoms with E-state index in [1.165, 1.54) is 16.2 Å². The van der Waals surface area contributed by atoms with Crippen molar-refractivity contribution in [1.82, 2.24) is 14.8 Å². The molecule has 0 radical (unpaired) electrons. The lowest BCUT2D eigenvalue weighted by atomic mass is 9.96. The molecule has 0 bridgehead atoms. The molecule has 1 atom stereocenters. The molecular formula is C26H27N3O4S. The minimum atomic E-state index is -0.716. The first kappa shape index (κ1) is 23.7. The fraction of sp³-hybridized carbons (Fsp3) is 0.269. The average Bonchev–Trinajstić information content (AvgIpc) is 3.35. The van der Waals surface area contributed by atoms with E-state index in [9.17, 15) is 14.7 Å². The van der Waals surface area contributed by atoms with Crippen LogP contribution in [0, 0.1) is 6.92 Å². The van der Waals surface area contributed by atoms with Crippen LogP contribution in [0.5, 0.6) is 5.75 Å². The van der Waals surface area contributed by atoms with E-state index in [1.54, 1.807) is 19.2 Å². The number of ketones is 1. The molecule has 7 nitrogen and oxygen atoms in total. The first-order valence-electron chi connectivity index (χ1n) is 10.9. The number of ether oxygens (including phenoxy) is 1. The summed E-state index contributed by atoms with van der Waals surface area (Å²) in [7, 11) is 5.39. The number of likely N-dealkylation sites (N-methyl/N-ethyl adjacent to an activating group) is 1. The molecule has 1 N–H and O–H groups in total. The Morgan fingerprint density at radius 3 is 2.41 bits per heavy atom. The van der Waals surface area contributed by atoms with Crippen LogP contribution in [-0.4, -0.2) is 65.9 Å². The van der Waals surface area contributed by atoms with Gasteiger partial charge < -0.3 is 19.6 Å². The van der Waals surface area contributed by atoms with Crippen LogP contribution < -0.4 is 4.74 Å². The number of benzene rings is 2. The van der Waals surface area contributed by atoms with Crippen LogP contribution in [-0.2, 0) is 9.59 Å². The number of aryl methyl sites for hydroxylation is 1. The number of aliphatic hydroxyl groups excluding tert-OH is 1. The highest BCUT2D eigenvalue weighted by atomic mass is 32.1. The average molecular weight is 478 g/mol. The maximum absolute atomic E-state index is 13.2. The van der Waals surface area contributed by atoms with Crippen LogP contribution in [0.15, 0.2) is 60.2 Å². The minimum Gasteiger partial charge on any atom is -0.505 e. The van der Waals surface area contributed by atoms with Crippen molar-refractivity contribution >= 4 is 28.8 Å². The summed E-state index contributed by atoms with van der Waals surface area (Å²) in [6.07, 6.45) is 0. The van der Waals surface area contributed by atoms with Crippen LogP contribution in [0.3, 0.4) is 0 Å². The molecule has 176 valence electrons. The number of aliphatic hydroxyl groups is 1. The van der Waals surface area contributed by atoms with Gasteiger partial charge in [-0.3, -0.25) is 9.59 Å². The Morgan fingerprint density at radius 2 is 1.79 bits per heavy atom. The molecule has 0 spiro atoms. The summed E-state index contributed by atoms with van der Waals surface area (Å²) in [5.41, 5.74) is 2.03. The van der Waals surface area contributed by atoms with Crippen molar-refractivity contribution in [3.63, 3.8) is 0 Å². The number of carbonyl (C=O) groups is 2. The van der Waals surface area contributed by atoms with Crippen LogP contribution in [0.2, 0.25) is 0 Å². The molecule has 2 heterocycles. The topological polar surface area (TPSA) is 83.0 Å². The fourth-order valence-electron chi connectivity index (χ4n) is 4.00. The van der Waals surface area contributed by atoms with E-state index in [0.29, 0.717) is 24.5 Å². The summed E-state index contributed by atoms with van der Waals surface area (Å²) in [5.74, 6) is -0.912. The number of likely N-dealkylation sites (tertiary alicyclic amines) is 1. The number of thiazole rings is 1. The second-order valence-corrected chi connectivity index (χ2v) is 9.56. The van der Waals surface area contributed by atoms with Gasteiger partial charge >= 0.3 is 0 Å². The predicted molar refractivity (Wildman–Crippen MR) is 133 cm³/mol. The van der Waals surface area contributed by atoms with Gasteiger partial charge in [0.15, 0.2) is 5.76 Å². The van der Waals surface area contributed by atoms with Gasteiger partial charge in [-0.05, 0) is 38.7 Å². The van der Waals surface area contributed by atoms with Gasteiger partial charge in [0.1, 0.15) is 16.5 Å². The Kier molecular flexibility index (Phi) is 6.81. The summed E-state index contributed by atoms with van der Waals surface area (Å²) in [6, 6.07) is 16.1. The van der Waals surface area contributed by atoms with Gasteiger partial charge in [0.2, 0.25) is 0 Å². The number of Topliss-reactive ketones (excluding diaryl/α,β-unsaturated/α-hetero) is 1. The lowest BCUT2D eigenvalue weighted by molar-refractivity contribution is -0.140. The lowest BCUT2D eigenvalue weighted by Gasteiger charge is -2.26. The SMILES string of the molecule is COc1ccc(C2/C(=C(\O)c3nc(-c4ccccc4)sc3C)C(=O)C(=O)N2CCN(C)C)cc1. The van der Waals surface area contributed by atoms with Crippen LogP contribution >= 0.6 is 11.3 Å². The highest BCUT2D eigenvalue weighted by molar-refractivity contribution is 7.15. The minimum absolute atomic E-state index is 0.0573. The molecular weight excluding hydrogens is 450 g/mol. The van der Waals surface area contributed by atoms with Gasteiger partial charge in [-0.25, -0.2) is 4.98 Å². The number of hydrogen-bond acceptors (Lipinski definition) is 7. The highest BCUT2D eigenvalue weighted by Gasteiger charge is 2.46. The van der Waals surface area contributed by atoms with E-state index in [4.69, 9.17) is 4.74 Å². The molecule has 1 fully saturated rings. The van der Waals surface area contributed by atoms with E-state index in [2.05, 4.69) is 4.98 Å². The number of carbonyl (C=O) groups excluding carboxylic acids is 2. The van der Waals surface area contributed by atoms with E-state index >= 15 is 0 Å². The van der Waals surface area contributed by atoms with Gasteiger partial charge in [-0.2, -0.15) is 0 Å². The molecule has 34 heavy (non-hydrogen) atoms. The van der Waals surface area contributed by atoms with Crippen molar-refractivity contribution in [3.05, 3.63) is 76.3 Å². The van der Waals surface area contributed by atoms with Crippen LogP contribution in [0.4, 0.5) is 0 Å². The lowest BCUT2D eigenvalue weighted by Crippen LogP contribution is -2.35. The van der Waals surface area contributed by atoms with Crippen molar-refractivity contribution in [2.75, 3.05) is 34.3 Å². The highest BCUT2D eigenvalue weighted by Crippen LogP contribution is 2.41. The molecule has 1 amide bonds. The number of hydrogen-bond donors (Lipinski definition) is 1. The molecule has 1 aliphatic rings. The number of nitrogens with zero attached hydrogens (tertiary/aromatic N) is 3. The Bertz CT molecular complexity index is 1230. The Balaban J connectivity index is 1.83. The third kappa shape index (κ3) is 4.47. The molecule has 3 aromatic rings. The zero-order valence-corrected chi connectivity index (χ0v) is 20.4. The molecule has 1 saturated heterocycles. The Morgan fingerprint density at radius 1 is 1.12 bits per heavy atom. The molecule has 1 aromatic heterocycles. The maximum Gasteiger partial charge on any atom is 0.295 e. The Hall–Kier alpha value is -3.49. The standard InChI is InChI=1S/C26H27N3O4S/c1-16-21(27-25(34-16)18-8-6-5-7-9-18)23(30)20-22(17-10-12-19(33-4)13-11-17)29(15-14-28(2)3)26(32)24(20)31/h5-13,22,30H,14-15H2,1-4H3/b23-20+. The maximum atomic E-state index is 13.2. The zero-order chi connectivity index (χ0) is 24.4. The molecule has 1 aliphatic heterocycles. The van der Waals surface area contributed by atoms with Gasteiger partial charge in [-0.1, -0.05) is 42.5 Å². The second kappa shape index (κ2) is 9.79. The van der Waals surface area contributed by atoms with Gasteiger partial charge in [0.05, 0.1) is 18.7 Å². The normalized spacial score (nSPS) is 17.6. The van der Waals surface area contributed by atoms with E-state index < -0.39 is 17.7 Å². The second-order valence-electron chi connectivity index (χ2n) is 8.36. The molecule has 0 aliphatic carbocycles. The number of amides is 1. The van der Waals surface area contributed by atoms with Crippen molar-refractivity contribution in [1.29, 1.82) is 0 Å². The van der Waals surface area contributed by atoms with Crippen LogP contribution in [0.25, 0.3) is 16.3 Å². The first-order valence-corrected chi connectivity index (χ1v) is 11.7. The molecule has 2 aromatic carbocycles. The van der Waals surface area contributed by atoms with Crippen LogP contribution in [0.1, 0.15) is 22.2 Å². The van der Waals surface area contributed by atoms with Crippen molar-refractivity contribution in [2.24, 2.45) is 0 Å². The summed E-state index contributed by atoms with van der Waals surface area (Å²) in [4.78, 5) is 35.1. The van der Waals surface area contributed by atoms with Crippen molar-refractivity contribution in [2.45, 2.75) is 13.0 Å². The molecule has 8 heteroatoms. The van der Waals surface area contributed by atoms with Gasteiger partial charge in [-0.15, -0.1) is 11.3 Å². The third-order valence-electron chi connectivity index (χ3n) is 5.80. The molecule has 1 unspecified atom stereocenters. The molecule has 4 rings (SSSR count). The summed E-state index contributed by atoms with van der Waals surface area (Å²) >= 11 is 1.44. The number of methoxy groups -OCH3 is 1. The fourth-order valence-corrected chi connectivity index (χ4v) is 4.92.